The Balaban J connectivity index is 1.85. The minimum absolute atomic E-state index is 0.0405. The average molecular weight is 440 g/mol. The van der Waals surface area contributed by atoms with Crippen LogP contribution < -0.4 is 4.74 Å². The van der Waals surface area contributed by atoms with Crippen molar-refractivity contribution in [2.24, 2.45) is 5.41 Å². The van der Waals surface area contributed by atoms with E-state index in [2.05, 4.69) is 94.0 Å². The highest BCUT2D eigenvalue weighted by Crippen LogP contribution is 2.20. The second kappa shape index (κ2) is 12.1. The standard InChI is InChI=1S/C27H37NO2S/c1-7-28(17-10-8-9-16-26(2,3)4)20-23-13-11-14-24(19-23)29-22-27(5,6)30-21-25-15-12-18-31-25/h8,10-15,18-19H,7,17,20-22H2,1-6H3. The molecule has 0 aliphatic heterocycles. The summed E-state index contributed by atoms with van der Waals surface area (Å²) in [6.07, 6.45) is 4.10. The summed E-state index contributed by atoms with van der Waals surface area (Å²) in [5, 5.41) is 2.07. The molecule has 0 aliphatic rings. The molecule has 4 heteroatoms. The first-order chi connectivity index (χ1) is 14.7. The average Bonchev–Trinajstić information content (AvgIpc) is 3.23. The van der Waals surface area contributed by atoms with Gasteiger partial charge in [0.25, 0.3) is 0 Å². The first-order valence-electron chi connectivity index (χ1n) is 10.9. The van der Waals surface area contributed by atoms with Gasteiger partial charge in [-0.3, -0.25) is 4.90 Å². The van der Waals surface area contributed by atoms with Crippen molar-refractivity contribution in [3.8, 4) is 17.6 Å². The van der Waals surface area contributed by atoms with Crippen LogP contribution >= 0.6 is 11.3 Å². The lowest BCUT2D eigenvalue weighted by molar-refractivity contribution is -0.0559. The molecule has 0 saturated heterocycles. The van der Waals surface area contributed by atoms with Crippen LogP contribution in [-0.2, 0) is 17.9 Å². The molecule has 0 saturated carbocycles. The summed E-state index contributed by atoms with van der Waals surface area (Å²) in [7, 11) is 0. The molecule has 0 radical (unpaired) electrons. The number of hydrogen-bond acceptors (Lipinski definition) is 4. The molecule has 0 fully saturated rings. The van der Waals surface area contributed by atoms with E-state index in [9.17, 15) is 0 Å². The SMILES string of the molecule is CCN(CC=CC#CC(C)(C)C)Cc1cccc(OCC(C)(C)OCc2cccs2)c1. The van der Waals surface area contributed by atoms with Crippen LogP contribution in [-0.4, -0.2) is 30.2 Å². The Kier molecular flexibility index (Phi) is 9.84. The van der Waals surface area contributed by atoms with Crippen molar-refractivity contribution < 1.29 is 9.47 Å². The molecule has 31 heavy (non-hydrogen) atoms. The molecular weight excluding hydrogens is 402 g/mol. The molecule has 0 spiro atoms. The normalized spacial score (nSPS) is 12.2. The fourth-order valence-corrected chi connectivity index (χ4v) is 3.39. The summed E-state index contributed by atoms with van der Waals surface area (Å²) >= 11 is 1.71. The van der Waals surface area contributed by atoms with Crippen LogP contribution in [0.1, 0.15) is 52.0 Å². The maximum absolute atomic E-state index is 6.07. The van der Waals surface area contributed by atoms with E-state index in [-0.39, 0.29) is 11.0 Å². The van der Waals surface area contributed by atoms with Gasteiger partial charge in [-0.15, -0.1) is 11.3 Å². The van der Waals surface area contributed by atoms with Gasteiger partial charge in [-0.1, -0.05) is 43.0 Å². The molecular formula is C27H37NO2S. The minimum Gasteiger partial charge on any atom is -0.491 e. The van der Waals surface area contributed by atoms with Gasteiger partial charge >= 0.3 is 0 Å². The summed E-state index contributed by atoms with van der Waals surface area (Å²) < 4.78 is 12.1. The number of rotatable bonds is 11. The van der Waals surface area contributed by atoms with E-state index in [1.807, 2.05) is 18.2 Å². The van der Waals surface area contributed by atoms with Crippen molar-refractivity contribution >= 4 is 11.3 Å². The van der Waals surface area contributed by atoms with Crippen molar-refractivity contribution in [1.82, 2.24) is 4.90 Å². The summed E-state index contributed by atoms with van der Waals surface area (Å²) in [4.78, 5) is 3.61. The summed E-state index contributed by atoms with van der Waals surface area (Å²) in [6.45, 7) is 16.5. The third-order valence-electron chi connectivity index (χ3n) is 4.54. The van der Waals surface area contributed by atoms with E-state index >= 15 is 0 Å². The molecule has 1 aromatic carbocycles. The van der Waals surface area contributed by atoms with Crippen molar-refractivity contribution in [1.29, 1.82) is 0 Å². The van der Waals surface area contributed by atoms with Crippen molar-refractivity contribution in [3.63, 3.8) is 0 Å². The first kappa shape index (κ1) is 25.2. The molecule has 2 aromatic rings. The number of hydrogen-bond donors (Lipinski definition) is 0. The predicted octanol–water partition coefficient (Wildman–Crippen LogP) is 6.55. The molecule has 2 rings (SSSR count). The molecule has 1 aromatic heterocycles. The summed E-state index contributed by atoms with van der Waals surface area (Å²) in [5.74, 6) is 7.25. The maximum atomic E-state index is 6.07. The largest absolute Gasteiger partial charge is 0.491 e. The lowest BCUT2D eigenvalue weighted by atomic mass is 9.98. The van der Waals surface area contributed by atoms with E-state index in [4.69, 9.17) is 9.47 Å². The number of likely N-dealkylation sites (N-methyl/N-ethyl adjacent to an activating group) is 1. The van der Waals surface area contributed by atoms with Crippen LogP contribution in [0.15, 0.2) is 53.9 Å². The Morgan fingerprint density at radius 1 is 1.10 bits per heavy atom. The fraction of sp³-hybridized carbons (Fsp3) is 0.481. The third-order valence-corrected chi connectivity index (χ3v) is 5.39. The lowest BCUT2D eigenvalue weighted by Gasteiger charge is -2.25. The molecule has 0 atom stereocenters. The summed E-state index contributed by atoms with van der Waals surface area (Å²) in [6, 6.07) is 12.5. The number of ether oxygens (including phenoxy) is 2. The Hall–Kier alpha value is -2.06. The van der Waals surface area contributed by atoms with Crippen LogP contribution in [0.2, 0.25) is 0 Å². The van der Waals surface area contributed by atoms with Gasteiger partial charge in [0.1, 0.15) is 12.4 Å². The third kappa shape index (κ3) is 10.7. The highest BCUT2D eigenvalue weighted by atomic mass is 32.1. The molecule has 0 amide bonds. The number of allylic oxidation sites excluding steroid dienone is 1. The molecule has 0 N–H and O–H groups in total. The van der Waals surface area contributed by atoms with Gasteiger partial charge in [0.2, 0.25) is 0 Å². The molecule has 0 bridgehead atoms. The van der Waals surface area contributed by atoms with Gasteiger partial charge in [-0.25, -0.2) is 0 Å². The monoisotopic (exact) mass is 439 g/mol. The predicted molar refractivity (Wildman–Crippen MR) is 132 cm³/mol. The molecule has 0 unspecified atom stereocenters. The van der Waals surface area contributed by atoms with Crippen LogP contribution in [0.5, 0.6) is 5.75 Å². The smallest absolute Gasteiger partial charge is 0.119 e. The van der Waals surface area contributed by atoms with Crippen molar-refractivity contribution in [3.05, 3.63) is 64.4 Å². The van der Waals surface area contributed by atoms with E-state index < -0.39 is 0 Å². The first-order valence-corrected chi connectivity index (χ1v) is 11.8. The minimum atomic E-state index is -0.353. The highest BCUT2D eigenvalue weighted by Gasteiger charge is 2.20. The van der Waals surface area contributed by atoms with Gasteiger partial charge in [-0.05, 0) is 76.4 Å². The van der Waals surface area contributed by atoms with Gasteiger partial charge in [0, 0.05) is 23.4 Å². The second-order valence-corrected chi connectivity index (χ2v) is 10.3. The zero-order chi connectivity index (χ0) is 22.7. The van der Waals surface area contributed by atoms with Crippen LogP contribution in [0.3, 0.4) is 0 Å². The number of thiophene rings is 1. The second-order valence-electron chi connectivity index (χ2n) is 9.31. The van der Waals surface area contributed by atoms with E-state index in [1.54, 1.807) is 11.3 Å². The van der Waals surface area contributed by atoms with E-state index in [0.717, 1.165) is 25.4 Å². The number of benzene rings is 1. The van der Waals surface area contributed by atoms with Crippen molar-refractivity contribution in [2.75, 3.05) is 19.7 Å². The Morgan fingerprint density at radius 2 is 1.90 bits per heavy atom. The summed E-state index contributed by atoms with van der Waals surface area (Å²) in [5.41, 5.74) is 0.929. The van der Waals surface area contributed by atoms with Gasteiger partial charge in [-0.2, -0.15) is 0 Å². The number of nitrogens with zero attached hydrogens (tertiary/aromatic N) is 1. The van der Waals surface area contributed by atoms with Gasteiger partial charge < -0.3 is 9.47 Å². The fourth-order valence-electron chi connectivity index (χ4n) is 2.78. The van der Waals surface area contributed by atoms with Gasteiger partial charge in [0.15, 0.2) is 0 Å². The molecule has 0 aliphatic carbocycles. The van der Waals surface area contributed by atoms with Crippen LogP contribution in [0, 0.1) is 17.3 Å². The Morgan fingerprint density at radius 3 is 2.58 bits per heavy atom. The molecule has 3 nitrogen and oxygen atoms in total. The zero-order valence-electron chi connectivity index (χ0n) is 19.9. The van der Waals surface area contributed by atoms with Gasteiger partial charge in [0.05, 0.1) is 12.2 Å². The lowest BCUT2D eigenvalue weighted by Crippen LogP contribution is -2.32. The molecule has 1 heterocycles. The topological polar surface area (TPSA) is 21.7 Å². The van der Waals surface area contributed by atoms with Crippen molar-refractivity contribution in [2.45, 2.75) is 60.3 Å². The zero-order valence-corrected chi connectivity index (χ0v) is 20.7. The Bertz CT molecular complexity index is 867. The molecule has 168 valence electrons. The maximum Gasteiger partial charge on any atom is 0.119 e. The van der Waals surface area contributed by atoms with E-state index in [1.165, 1.54) is 10.4 Å². The quantitative estimate of drug-likeness (QED) is 0.371. The van der Waals surface area contributed by atoms with E-state index in [0.29, 0.717) is 13.2 Å². The highest BCUT2D eigenvalue weighted by molar-refractivity contribution is 7.09. The van der Waals surface area contributed by atoms with Crippen LogP contribution in [0.4, 0.5) is 0 Å². The Labute approximate surface area is 193 Å². The van der Waals surface area contributed by atoms with Crippen LogP contribution in [0.25, 0.3) is 0 Å².